The summed E-state index contributed by atoms with van der Waals surface area (Å²) in [7, 11) is 1.27. The molecule has 2 amide bonds. The molecule has 1 atom stereocenters. The molecule has 0 aliphatic carbocycles. The van der Waals surface area contributed by atoms with Gasteiger partial charge in [-0.25, -0.2) is 9.97 Å². The Labute approximate surface area is 177 Å². The molecule has 0 aliphatic rings. The van der Waals surface area contributed by atoms with E-state index in [9.17, 15) is 22.8 Å². The summed E-state index contributed by atoms with van der Waals surface area (Å²) in [4.78, 5) is 32.3. The van der Waals surface area contributed by atoms with Crippen LogP contribution in [0.4, 0.5) is 19.0 Å². The van der Waals surface area contributed by atoms with Gasteiger partial charge in [-0.1, -0.05) is 13.8 Å². The van der Waals surface area contributed by atoms with Crippen LogP contribution in [-0.2, 0) is 4.79 Å². The molecule has 0 aliphatic heterocycles. The van der Waals surface area contributed by atoms with Crippen LogP contribution in [0.15, 0.2) is 30.6 Å². The number of hydrogen-bond acceptors (Lipinski definition) is 6. The SMILES string of the molecule is COc1cc(C(C)NC(=O)c2ccnc(NC(=O)C(C)C)c2)cnc1OCC(F)(F)F. The van der Waals surface area contributed by atoms with Crippen molar-refractivity contribution in [1.29, 1.82) is 0 Å². The summed E-state index contributed by atoms with van der Waals surface area (Å²) in [6.07, 6.45) is -1.82. The van der Waals surface area contributed by atoms with E-state index in [1.54, 1.807) is 20.8 Å². The van der Waals surface area contributed by atoms with Crippen molar-refractivity contribution >= 4 is 17.6 Å². The first-order chi connectivity index (χ1) is 14.5. The Hall–Kier alpha value is -3.37. The van der Waals surface area contributed by atoms with Crippen LogP contribution < -0.4 is 20.1 Å². The van der Waals surface area contributed by atoms with Crippen molar-refractivity contribution < 1.29 is 32.2 Å². The summed E-state index contributed by atoms with van der Waals surface area (Å²) in [6.45, 7) is 3.64. The minimum absolute atomic E-state index is 0.00504. The molecule has 0 aromatic carbocycles. The zero-order chi connectivity index (χ0) is 23.2. The van der Waals surface area contributed by atoms with Gasteiger partial charge in [-0.15, -0.1) is 0 Å². The fraction of sp³-hybridized carbons (Fsp3) is 0.400. The first kappa shape index (κ1) is 23.9. The van der Waals surface area contributed by atoms with Crippen LogP contribution in [0.2, 0.25) is 0 Å². The summed E-state index contributed by atoms with van der Waals surface area (Å²) < 4.78 is 46.8. The van der Waals surface area contributed by atoms with Crippen LogP contribution in [0.1, 0.15) is 42.7 Å². The molecule has 2 aromatic heterocycles. The van der Waals surface area contributed by atoms with Gasteiger partial charge in [0, 0.05) is 23.9 Å². The van der Waals surface area contributed by atoms with Crippen LogP contribution in [0.5, 0.6) is 11.6 Å². The van der Waals surface area contributed by atoms with Crippen molar-refractivity contribution in [1.82, 2.24) is 15.3 Å². The van der Waals surface area contributed by atoms with Crippen molar-refractivity contribution in [3.63, 3.8) is 0 Å². The molecule has 2 rings (SSSR count). The molecule has 0 spiro atoms. The molecule has 168 valence electrons. The van der Waals surface area contributed by atoms with Crippen LogP contribution in [0, 0.1) is 5.92 Å². The summed E-state index contributed by atoms with van der Waals surface area (Å²) in [5, 5.41) is 5.36. The van der Waals surface area contributed by atoms with E-state index in [1.165, 1.54) is 37.7 Å². The normalized spacial score (nSPS) is 12.3. The lowest BCUT2D eigenvalue weighted by Crippen LogP contribution is -2.27. The highest BCUT2D eigenvalue weighted by atomic mass is 19.4. The number of hydrogen-bond donors (Lipinski definition) is 2. The van der Waals surface area contributed by atoms with Crippen LogP contribution in [0.25, 0.3) is 0 Å². The largest absolute Gasteiger partial charge is 0.491 e. The minimum Gasteiger partial charge on any atom is -0.491 e. The summed E-state index contributed by atoms with van der Waals surface area (Å²) in [5.41, 5.74) is 0.762. The second-order valence-corrected chi connectivity index (χ2v) is 6.95. The Kier molecular flexibility index (Phi) is 7.78. The van der Waals surface area contributed by atoms with Gasteiger partial charge < -0.3 is 20.1 Å². The Balaban J connectivity index is 2.09. The first-order valence-electron chi connectivity index (χ1n) is 9.31. The first-order valence-corrected chi connectivity index (χ1v) is 9.31. The molecule has 2 heterocycles. The van der Waals surface area contributed by atoms with E-state index in [4.69, 9.17) is 4.74 Å². The molecular weight excluding hydrogens is 417 g/mol. The molecule has 1 unspecified atom stereocenters. The molecular formula is C20H23F3N4O4. The third kappa shape index (κ3) is 7.12. The van der Waals surface area contributed by atoms with E-state index >= 15 is 0 Å². The van der Waals surface area contributed by atoms with Gasteiger partial charge in [-0.05, 0) is 30.7 Å². The van der Waals surface area contributed by atoms with Crippen molar-refractivity contribution in [2.75, 3.05) is 19.0 Å². The number of nitrogens with one attached hydrogen (secondary N) is 2. The zero-order valence-electron chi connectivity index (χ0n) is 17.4. The maximum atomic E-state index is 12.6. The molecule has 0 saturated carbocycles. The van der Waals surface area contributed by atoms with Crippen LogP contribution in [-0.4, -0.2) is 41.7 Å². The van der Waals surface area contributed by atoms with Crippen molar-refractivity contribution in [3.8, 4) is 11.6 Å². The van der Waals surface area contributed by atoms with Gasteiger partial charge in [-0.3, -0.25) is 9.59 Å². The molecule has 0 fully saturated rings. The molecule has 2 aromatic rings. The summed E-state index contributed by atoms with van der Waals surface area (Å²) in [6, 6.07) is 3.81. The van der Waals surface area contributed by atoms with Gasteiger partial charge in [0.05, 0.1) is 13.2 Å². The van der Waals surface area contributed by atoms with E-state index < -0.39 is 24.7 Å². The van der Waals surface area contributed by atoms with Gasteiger partial charge >= 0.3 is 6.18 Å². The van der Waals surface area contributed by atoms with Gasteiger partial charge in [0.1, 0.15) is 5.82 Å². The summed E-state index contributed by atoms with van der Waals surface area (Å²) in [5.74, 6) is -0.971. The number of carbonyl (C=O) groups excluding carboxylic acids is 2. The van der Waals surface area contributed by atoms with Crippen molar-refractivity contribution in [2.24, 2.45) is 5.92 Å². The Morgan fingerprint density at radius 3 is 2.48 bits per heavy atom. The van der Waals surface area contributed by atoms with E-state index in [0.29, 0.717) is 5.56 Å². The second-order valence-electron chi connectivity index (χ2n) is 6.95. The molecule has 8 nitrogen and oxygen atoms in total. The predicted octanol–water partition coefficient (Wildman–Crippen LogP) is 3.51. The second kappa shape index (κ2) is 10.1. The maximum Gasteiger partial charge on any atom is 0.422 e. The topological polar surface area (TPSA) is 102 Å². The number of nitrogens with zero attached hydrogens (tertiary/aromatic N) is 2. The number of anilines is 1. The van der Waals surface area contributed by atoms with Crippen LogP contribution >= 0.6 is 0 Å². The molecule has 0 radical (unpaired) electrons. The third-order valence-corrected chi connectivity index (χ3v) is 4.08. The highest BCUT2D eigenvalue weighted by Gasteiger charge is 2.29. The number of ether oxygens (including phenoxy) is 2. The number of pyridine rings is 2. The van der Waals surface area contributed by atoms with E-state index in [0.717, 1.165) is 0 Å². The quantitative estimate of drug-likeness (QED) is 0.651. The number of amides is 2. The van der Waals surface area contributed by atoms with Gasteiger partial charge in [-0.2, -0.15) is 13.2 Å². The van der Waals surface area contributed by atoms with Crippen LogP contribution in [0.3, 0.4) is 0 Å². The monoisotopic (exact) mass is 440 g/mol. The minimum atomic E-state index is -4.51. The number of carbonyl (C=O) groups is 2. The highest BCUT2D eigenvalue weighted by molar-refractivity contribution is 5.97. The highest BCUT2D eigenvalue weighted by Crippen LogP contribution is 2.29. The standard InChI is InChI=1S/C20H23F3N4O4/c1-11(2)17(28)27-16-8-13(5-6-24-16)18(29)26-12(3)14-7-15(30-4)19(25-9-14)31-10-20(21,22)23/h5-9,11-12H,10H2,1-4H3,(H,26,29)(H,24,27,28). The Morgan fingerprint density at radius 1 is 1.16 bits per heavy atom. The summed E-state index contributed by atoms with van der Waals surface area (Å²) >= 11 is 0. The Morgan fingerprint density at radius 2 is 1.87 bits per heavy atom. The number of alkyl halides is 3. The molecule has 0 bridgehead atoms. The van der Waals surface area contributed by atoms with Crippen molar-refractivity contribution in [3.05, 3.63) is 41.7 Å². The fourth-order valence-electron chi connectivity index (χ4n) is 2.36. The maximum absolute atomic E-state index is 12.6. The smallest absolute Gasteiger partial charge is 0.422 e. The lowest BCUT2D eigenvalue weighted by molar-refractivity contribution is -0.154. The zero-order valence-corrected chi connectivity index (χ0v) is 17.4. The average Bonchev–Trinajstić information content (AvgIpc) is 2.71. The average molecular weight is 440 g/mol. The van der Waals surface area contributed by atoms with E-state index in [-0.39, 0.29) is 34.8 Å². The molecule has 2 N–H and O–H groups in total. The molecule has 0 saturated heterocycles. The molecule has 11 heteroatoms. The van der Waals surface area contributed by atoms with Gasteiger partial charge in [0.25, 0.3) is 11.8 Å². The number of halogens is 3. The van der Waals surface area contributed by atoms with Gasteiger partial charge in [0.15, 0.2) is 12.4 Å². The third-order valence-electron chi connectivity index (χ3n) is 4.08. The number of rotatable bonds is 8. The lowest BCUT2D eigenvalue weighted by Gasteiger charge is -2.17. The predicted molar refractivity (Wildman–Crippen MR) is 106 cm³/mol. The fourth-order valence-corrected chi connectivity index (χ4v) is 2.36. The van der Waals surface area contributed by atoms with E-state index in [1.807, 2.05) is 0 Å². The Bertz CT molecular complexity index is 935. The van der Waals surface area contributed by atoms with Gasteiger partial charge in [0.2, 0.25) is 5.91 Å². The van der Waals surface area contributed by atoms with Crippen molar-refractivity contribution in [2.45, 2.75) is 33.0 Å². The number of methoxy groups -OCH3 is 1. The lowest BCUT2D eigenvalue weighted by atomic mass is 10.1. The van der Waals surface area contributed by atoms with E-state index in [2.05, 4.69) is 25.3 Å². The number of aromatic nitrogens is 2. The molecule has 31 heavy (non-hydrogen) atoms.